The van der Waals surface area contributed by atoms with E-state index in [1.54, 1.807) is 0 Å². The number of carbonyl (C=O) groups is 8. The van der Waals surface area contributed by atoms with Gasteiger partial charge in [-0.3, -0.25) is 33.8 Å². The molecule has 1 saturated heterocycles. The van der Waals surface area contributed by atoms with Gasteiger partial charge < -0.3 is 52.8 Å². The molecule has 58 heavy (non-hydrogen) atoms. The number of aliphatic hydroxyl groups is 2. The molecule has 2 saturated carbocycles. The summed E-state index contributed by atoms with van der Waals surface area (Å²) in [5.74, 6) is -10.4. The van der Waals surface area contributed by atoms with E-state index in [4.69, 9.17) is 42.6 Å². The second-order valence-corrected chi connectivity index (χ2v) is 15.6. The van der Waals surface area contributed by atoms with Crippen molar-refractivity contribution in [3.05, 3.63) is 29.6 Å². The molecule has 3 fully saturated rings. The summed E-state index contributed by atoms with van der Waals surface area (Å²) in [4.78, 5) is 111. The van der Waals surface area contributed by atoms with Crippen molar-refractivity contribution in [3.8, 4) is 0 Å². The molecule has 4 bridgehead atoms. The first-order valence-electron chi connectivity index (χ1n) is 18.3. The molecule has 20 heteroatoms. The van der Waals surface area contributed by atoms with Gasteiger partial charge in [-0.1, -0.05) is 0 Å². The van der Waals surface area contributed by atoms with Crippen LogP contribution >= 0.6 is 0 Å². The van der Waals surface area contributed by atoms with Gasteiger partial charge in [0.05, 0.1) is 17.2 Å². The van der Waals surface area contributed by atoms with E-state index in [-0.39, 0.29) is 17.7 Å². The molecule has 3 heterocycles. The number of aromatic nitrogens is 1. The Morgan fingerprint density at radius 1 is 0.776 bits per heavy atom. The number of nitrogens with zero attached hydrogens (tertiary/aromatic N) is 1. The minimum atomic E-state index is -2.93. The summed E-state index contributed by atoms with van der Waals surface area (Å²) in [6.45, 7) is 7.30. The smallest absolute Gasteiger partial charge is 0.340 e. The molecule has 20 nitrogen and oxygen atoms in total. The highest BCUT2D eigenvalue weighted by Crippen LogP contribution is 2.70. The lowest BCUT2D eigenvalue weighted by molar-refractivity contribution is -0.387. The summed E-state index contributed by atoms with van der Waals surface area (Å²) in [6, 6.07) is 2.81. The summed E-state index contributed by atoms with van der Waals surface area (Å²) in [7, 11) is 0. The van der Waals surface area contributed by atoms with Gasteiger partial charge in [0.1, 0.15) is 42.0 Å². The summed E-state index contributed by atoms with van der Waals surface area (Å²) in [5.41, 5.74) is -12.9. The van der Waals surface area contributed by atoms with Crippen LogP contribution in [0.5, 0.6) is 0 Å². The van der Waals surface area contributed by atoms with Crippen molar-refractivity contribution in [3.63, 3.8) is 0 Å². The van der Waals surface area contributed by atoms with E-state index < -0.39 is 138 Å². The van der Waals surface area contributed by atoms with Crippen molar-refractivity contribution in [2.24, 2.45) is 11.3 Å². The Labute approximate surface area is 332 Å². The second-order valence-electron chi connectivity index (χ2n) is 15.6. The maximum atomic E-state index is 14.2. The highest BCUT2D eigenvalue weighted by molar-refractivity contribution is 5.90. The molecular weight excluding hydrogens is 774 g/mol. The zero-order chi connectivity index (χ0) is 43.3. The number of hydrogen-bond acceptors (Lipinski definition) is 20. The number of hydrogen-bond donors (Lipinski definition) is 2. The number of ether oxygens (including phenoxy) is 9. The van der Waals surface area contributed by atoms with Crippen molar-refractivity contribution in [2.45, 2.75) is 134 Å². The van der Waals surface area contributed by atoms with E-state index in [0.717, 1.165) is 55.4 Å². The molecule has 0 amide bonds. The van der Waals surface area contributed by atoms with Gasteiger partial charge in [-0.2, -0.15) is 0 Å². The molecular formula is C38H47NO19. The second kappa shape index (κ2) is 15.5. The summed E-state index contributed by atoms with van der Waals surface area (Å²) >= 11 is 0. The van der Waals surface area contributed by atoms with Crippen molar-refractivity contribution in [1.29, 1.82) is 0 Å². The SMILES string of the molecule is CC(=O)OC[C@]12[C@H](OC(C)=O)[C@H](OC(C)=O)[C@@H]3[C@@H](OC(C)=O)[C@@]14O[C@@]3(C)COC(=O)c1cccnc1CC[C@](C)(O)C(=O)O[C@@H]([C@H](OC(C)=O)[C@@H]2OC(C)=O)[C@]4(C)O. The zero-order valence-electron chi connectivity index (χ0n) is 33.4. The summed E-state index contributed by atoms with van der Waals surface area (Å²) < 4.78 is 53.8. The Kier molecular flexibility index (Phi) is 11.7. The van der Waals surface area contributed by atoms with Crippen LogP contribution in [0.25, 0.3) is 0 Å². The fraction of sp³-hybridized carbons (Fsp3) is 0.658. The van der Waals surface area contributed by atoms with Gasteiger partial charge in [0.2, 0.25) is 0 Å². The van der Waals surface area contributed by atoms with Crippen LogP contribution in [0.3, 0.4) is 0 Å². The lowest BCUT2D eigenvalue weighted by Gasteiger charge is -2.67. The van der Waals surface area contributed by atoms with Crippen LogP contribution in [0.1, 0.15) is 84.8 Å². The first kappa shape index (κ1) is 43.9. The quantitative estimate of drug-likeness (QED) is 0.270. The summed E-state index contributed by atoms with van der Waals surface area (Å²) in [6.07, 6.45) is -11.7. The predicted octanol–water partition coefficient (Wildman–Crippen LogP) is -0.0225. The topological polar surface area (TPSA) is 273 Å². The molecule has 318 valence electrons. The molecule has 5 rings (SSSR count). The van der Waals surface area contributed by atoms with Gasteiger partial charge >= 0.3 is 47.8 Å². The molecule has 2 aliphatic heterocycles. The maximum absolute atomic E-state index is 14.2. The Morgan fingerprint density at radius 3 is 1.86 bits per heavy atom. The lowest BCUT2D eigenvalue weighted by atomic mass is 9.45. The van der Waals surface area contributed by atoms with Crippen molar-refractivity contribution >= 4 is 47.8 Å². The van der Waals surface area contributed by atoms with E-state index in [9.17, 15) is 48.6 Å². The molecule has 1 aromatic rings. The average Bonchev–Trinajstić information content (AvgIpc) is 3.32. The number of carbonyl (C=O) groups excluding carboxylic acids is 8. The van der Waals surface area contributed by atoms with E-state index in [1.165, 1.54) is 25.3 Å². The third-order valence-electron chi connectivity index (χ3n) is 11.2. The van der Waals surface area contributed by atoms with Gasteiger partial charge in [0.15, 0.2) is 35.6 Å². The van der Waals surface area contributed by atoms with Gasteiger partial charge in [-0.25, -0.2) is 9.59 Å². The van der Waals surface area contributed by atoms with E-state index in [0.29, 0.717) is 0 Å². The Bertz CT molecular complexity index is 1890. The minimum Gasteiger partial charge on any atom is -0.465 e. The normalized spacial score (nSPS) is 37.9. The highest BCUT2D eigenvalue weighted by atomic mass is 16.7. The lowest BCUT2D eigenvalue weighted by Crippen LogP contribution is -2.89. The zero-order valence-corrected chi connectivity index (χ0v) is 33.4. The van der Waals surface area contributed by atoms with Crippen LogP contribution in [0.15, 0.2) is 18.3 Å². The molecule has 0 radical (unpaired) electrons. The minimum absolute atomic E-state index is 0.0880. The first-order chi connectivity index (χ1) is 26.9. The van der Waals surface area contributed by atoms with Crippen LogP contribution in [-0.4, -0.2) is 135 Å². The van der Waals surface area contributed by atoms with Crippen LogP contribution in [0.2, 0.25) is 0 Å². The fourth-order valence-corrected chi connectivity index (χ4v) is 9.15. The Hall–Kier alpha value is -5.21. The standard InChI is InChI=1S/C38H47NO19/c1-17(40)50-16-37-30(55-21(5)44)26(52-18(2)41)25-28(54-20(4)43)38(37)36(9,49)29(27(53-19(3)42)31(37)56-22(6)45)57-33(47)34(7,48)13-12-24-23(11-10-14-39-24)32(46)51-15-35(25,8)58-38/h10-11,14,25-31,48-49H,12-13,15-16H2,1-9H3/t25-,26-,27+,28-,29+,30-,31+,34+,35+,36+,37-,38+/m1/s1. The molecule has 12 atom stereocenters. The number of cyclic esters (lactones) is 1. The molecule has 0 aromatic carbocycles. The van der Waals surface area contributed by atoms with Crippen molar-refractivity contribution < 1.29 is 91.2 Å². The Balaban J connectivity index is 2.01. The third-order valence-corrected chi connectivity index (χ3v) is 11.2. The number of pyridine rings is 1. The van der Waals surface area contributed by atoms with E-state index >= 15 is 0 Å². The van der Waals surface area contributed by atoms with Gasteiger partial charge in [0.25, 0.3) is 0 Å². The van der Waals surface area contributed by atoms with Crippen LogP contribution in [0.4, 0.5) is 0 Å². The largest absolute Gasteiger partial charge is 0.465 e. The van der Waals surface area contributed by atoms with E-state index in [1.807, 2.05) is 0 Å². The van der Waals surface area contributed by atoms with E-state index in [2.05, 4.69) is 4.98 Å². The predicted molar refractivity (Wildman–Crippen MR) is 187 cm³/mol. The summed E-state index contributed by atoms with van der Waals surface area (Å²) in [5, 5.41) is 25.0. The van der Waals surface area contributed by atoms with Crippen LogP contribution in [-0.2, 0) is 82.6 Å². The number of rotatable bonds is 7. The average molecular weight is 822 g/mol. The van der Waals surface area contributed by atoms with Gasteiger partial charge in [-0.05, 0) is 45.7 Å². The number of fused-ring (bicyclic) bond motifs is 5. The first-order valence-corrected chi connectivity index (χ1v) is 18.3. The maximum Gasteiger partial charge on any atom is 0.340 e. The molecule has 4 aliphatic rings. The monoisotopic (exact) mass is 821 g/mol. The molecule has 2 aliphatic carbocycles. The number of aryl methyl sites for hydroxylation is 1. The fourth-order valence-electron chi connectivity index (χ4n) is 9.15. The van der Waals surface area contributed by atoms with Gasteiger partial charge in [0, 0.05) is 47.7 Å². The van der Waals surface area contributed by atoms with Crippen LogP contribution < -0.4 is 0 Å². The van der Waals surface area contributed by atoms with Crippen molar-refractivity contribution in [2.75, 3.05) is 13.2 Å². The molecule has 1 aromatic heterocycles. The van der Waals surface area contributed by atoms with Crippen LogP contribution in [0, 0.1) is 11.3 Å². The highest BCUT2D eigenvalue weighted by Gasteiger charge is 2.92. The third kappa shape index (κ3) is 7.25. The molecule has 1 spiro atoms. The molecule has 2 N–H and O–H groups in total. The molecule has 0 unspecified atom stereocenters. The Morgan fingerprint density at radius 2 is 1.31 bits per heavy atom. The van der Waals surface area contributed by atoms with Crippen molar-refractivity contribution in [1.82, 2.24) is 4.98 Å². The number of esters is 8. The van der Waals surface area contributed by atoms with Gasteiger partial charge in [-0.15, -0.1) is 0 Å².